The van der Waals surface area contributed by atoms with Gasteiger partial charge in [0.15, 0.2) is 5.84 Å². The fourth-order valence-electron chi connectivity index (χ4n) is 2.18. The number of halogens is 1. The third-order valence-corrected chi connectivity index (χ3v) is 3.74. The van der Waals surface area contributed by atoms with Crippen molar-refractivity contribution in [3.63, 3.8) is 0 Å². The van der Waals surface area contributed by atoms with Gasteiger partial charge >= 0.3 is 6.03 Å². The van der Waals surface area contributed by atoms with E-state index in [9.17, 15) is 4.79 Å². The van der Waals surface area contributed by atoms with Gasteiger partial charge in [0.2, 0.25) is 0 Å². The van der Waals surface area contributed by atoms with E-state index >= 15 is 0 Å². The minimum absolute atomic E-state index is 0.0414. The van der Waals surface area contributed by atoms with Gasteiger partial charge in [-0.25, -0.2) is 4.79 Å². The Labute approximate surface area is 125 Å². The van der Waals surface area contributed by atoms with Crippen LogP contribution in [0.4, 0.5) is 10.5 Å². The molecule has 1 saturated heterocycles. The molecule has 108 valence electrons. The molecule has 0 radical (unpaired) electrons. The van der Waals surface area contributed by atoms with Crippen molar-refractivity contribution in [3.8, 4) is 0 Å². The first kappa shape index (κ1) is 14.6. The number of hydrogen-bond acceptors (Lipinski definition) is 3. The van der Waals surface area contributed by atoms with Gasteiger partial charge in [-0.15, -0.1) is 0 Å². The molecule has 7 heteroatoms. The van der Waals surface area contributed by atoms with Crippen LogP contribution in [-0.4, -0.2) is 35.1 Å². The third-order valence-electron chi connectivity index (χ3n) is 3.25. The van der Waals surface area contributed by atoms with Gasteiger partial charge in [-0.05, 0) is 37.5 Å². The number of piperidine rings is 1. The molecule has 6 nitrogen and oxygen atoms in total. The lowest BCUT2D eigenvalue weighted by Crippen LogP contribution is -2.39. The number of nitrogens with one attached hydrogen (secondary N) is 1. The summed E-state index contributed by atoms with van der Waals surface area (Å²) >= 11 is 3.32. The van der Waals surface area contributed by atoms with Gasteiger partial charge < -0.3 is 21.2 Å². The van der Waals surface area contributed by atoms with Crippen molar-refractivity contribution in [1.29, 1.82) is 0 Å². The fraction of sp³-hybridized carbons (Fsp3) is 0.385. The Morgan fingerprint density at radius 2 is 2.05 bits per heavy atom. The van der Waals surface area contributed by atoms with Crippen molar-refractivity contribution >= 4 is 33.5 Å². The molecule has 0 unspecified atom stereocenters. The standard InChI is InChI=1S/C13H17BrN4O2/c14-9-4-5-11(10(8-9)12(15)17-20)16-13(19)18-6-2-1-3-7-18/h4-5,8,20H,1-3,6-7H2,(H2,15,17)(H,16,19). The number of carbonyl (C=O) groups excluding carboxylic acids is 1. The van der Waals surface area contributed by atoms with Gasteiger partial charge in [0.25, 0.3) is 0 Å². The molecule has 0 bridgehead atoms. The van der Waals surface area contributed by atoms with Gasteiger partial charge in [0.05, 0.1) is 5.69 Å². The number of urea groups is 1. The average Bonchev–Trinajstić information content (AvgIpc) is 2.49. The number of hydrogen-bond donors (Lipinski definition) is 3. The van der Waals surface area contributed by atoms with Crippen LogP contribution in [0.2, 0.25) is 0 Å². The van der Waals surface area contributed by atoms with Gasteiger partial charge in [0, 0.05) is 23.1 Å². The molecule has 1 aromatic rings. The average molecular weight is 341 g/mol. The summed E-state index contributed by atoms with van der Waals surface area (Å²) in [6, 6.07) is 5.05. The molecule has 0 aliphatic carbocycles. The molecule has 2 rings (SSSR count). The molecule has 0 atom stereocenters. The molecule has 1 aliphatic rings. The van der Waals surface area contributed by atoms with Crippen LogP contribution in [0.1, 0.15) is 24.8 Å². The molecule has 4 N–H and O–H groups in total. The highest BCUT2D eigenvalue weighted by atomic mass is 79.9. The fourth-order valence-corrected chi connectivity index (χ4v) is 2.54. The van der Waals surface area contributed by atoms with Gasteiger partial charge in [-0.2, -0.15) is 0 Å². The van der Waals surface area contributed by atoms with Crippen molar-refractivity contribution < 1.29 is 10.0 Å². The maximum absolute atomic E-state index is 12.2. The van der Waals surface area contributed by atoms with Crippen molar-refractivity contribution in [1.82, 2.24) is 4.90 Å². The van der Waals surface area contributed by atoms with Crippen molar-refractivity contribution in [3.05, 3.63) is 28.2 Å². The first-order chi connectivity index (χ1) is 9.61. The monoisotopic (exact) mass is 340 g/mol. The Balaban J connectivity index is 2.18. The summed E-state index contributed by atoms with van der Waals surface area (Å²) in [7, 11) is 0. The van der Waals surface area contributed by atoms with Crippen molar-refractivity contribution in [2.75, 3.05) is 18.4 Å². The summed E-state index contributed by atoms with van der Waals surface area (Å²) in [6.45, 7) is 1.53. The highest BCUT2D eigenvalue weighted by Crippen LogP contribution is 2.22. The number of anilines is 1. The van der Waals surface area contributed by atoms with Crippen molar-refractivity contribution in [2.45, 2.75) is 19.3 Å². The Morgan fingerprint density at radius 1 is 1.35 bits per heavy atom. The molecule has 1 aromatic carbocycles. The van der Waals surface area contributed by atoms with Gasteiger partial charge in [0.1, 0.15) is 0 Å². The molecule has 1 fully saturated rings. The molecule has 1 aliphatic heterocycles. The molecule has 0 saturated carbocycles. The summed E-state index contributed by atoms with van der Waals surface area (Å²) in [5.74, 6) is -0.0414. The molecule has 20 heavy (non-hydrogen) atoms. The second-order valence-corrected chi connectivity index (χ2v) is 5.57. The van der Waals surface area contributed by atoms with Crippen LogP contribution in [0.25, 0.3) is 0 Å². The number of amidine groups is 1. The van der Waals surface area contributed by atoms with Crippen LogP contribution in [0.3, 0.4) is 0 Å². The Hall–Kier alpha value is -1.76. The largest absolute Gasteiger partial charge is 0.409 e. The molecule has 0 aromatic heterocycles. The number of benzene rings is 1. The van der Waals surface area contributed by atoms with E-state index in [0.717, 1.165) is 36.8 Å². The van der Waals surface area contributed by atoms with Gasteiger partial charge in [-0.3, -0.25) is 0 Å². The highest BCUT2D eigenvalue weighted by Gasteiger charge is 2.18. The summed E-state index contributed by atoms with van der Waals surface area (Å²) in [5.41, 5.74) is 6.64. The number of likely N-dealkylation sites (tertiary alicyclic amines) is 1. The summed E-state index contributed by atoms with van der Waals surface area (Å²) in [4.78, 5) is 14.0. The van der Waals surface area contributed by atoms with Crippen molar-refractivity contribution in [2.24, 2.45) is 10.9 Å². The summed E-state index contributed by atoms with van der Waals surface area (Å²) in [6.07, 6.45) is 3.22. The second-order valence-electron chi connectivity index (χ2n) is 4.65. The minimum Gasteiger partial charge on any atom is -0.409 e. The summed E-state index contributed by atoms with van der Waals surface area (Å²) in [5, 5.41) is 14.6. The number of amides is 2. The molecular formula is C13H17BrN4O2. The lowest BCUT2D eigenvalue weighted by molar-refractivity contribution is 0.200. The maximum atomic E-state index is 12.2. The number of oxime groups is 1. The minimum atomic E-state index is -0.154. The third kappa shape index (κ3) is 3.41. The van der Waals surface area contributed by atoms with E-state index in [1.54, 1.807) is 23.1 Å². The predicted molar refractivity (Wildman–Crippen MR) is 81.1 cm³/mol. The quantitative estimate of drug-likeness (QED) is 0.334. The van der Waals surface area contributed by atoms with Crippen LogP contribution in [0.5, 0.6) is 0 Å². The zero-order valence-electron chi connectivity index (χ0n) is 11.0. The lowest BCUT2D eigenvalue weighted by atomic mass is 10.1. The first-order valence-corrected chi connectivity index (χ1v) is 7.24. The van der Waals surface area contributed by atoms with Crippen LogP contribution >= 0.6 is 15.9 Å². The van der Waals surface area contributed by atoms with E-state index in [1.165, 1.54) is 0 Å². The summed E-state index contributed by atoms with van der Waals surface area (Å²) < 4.78 is 0.787. The van der Waals surface area contributed by atoms with Crippen LogP contribution < -0.4 is 11.1 Å². The molecular weight excluding hydrogens is 324 g/mol. The SMILES string of the molecule is N/C(=N/O)c1cc(Br)ccc1NC(=O)N1CCCCC1. The number of nitrogens with two attached hydrogens (primary N) is 1. The lowest BCUT2D eigenvalue weighted by Gasteiger charge is -2.27. The Bertz CT molecular complexity index is 527. The number of rotatable bonds is 2. The molecule has 2 amide bonds. The van der Waals surface area contributed by atoms with E-state index in [1.807, 2.05) is 0 Å². The highest BCUT2D eigenvalue weighted by molar-refractivity contribution is 9.10. The van der Waals surface area contributed by atoms with E-state index in [2.05, 4.69) is 26.4 Å². The van der Waals surface area contributed by atoms with E-state index in [4.69, 9.17) is 10.9 Å². The first-order valence-electron chi connectivity index (χ1n) is 6.45. The van der Waals surface area contributed by atoms with E-state index in [0.29, 0.717) is 11.3 Å². The van der Waals surface area contributed by atoms with E-state index < -0.39 is 0 Å². The van der Waals surface area contributed by atoms with Crippen LogP contribution in [-0.2, 0) is 0 Å². The molecule has 1 heterocycles. The zero-order chi connectivity index (χ0) is 14.5. The zero-order valence-corrected chi connectivity index (χ0v) is 12.6. The number of carbonyl (C=O) groups is 1. The Morgan fingerprint density at radius 3 is 2.70 bits per heavy atom. The topological polar surface area (TPSA) is 91.0 Å². The number of nitrogens with zero attached hydrogens (tertiary/aromatic N) is 2. The van der Waals surface area contributed by atoms with E-state index in [-0.39, 0.29) is 11.9 Å². The smallest absolute Gasteiger partial charge is 0.321 e. The molecule has 0 spiro atoms. The maximum Gasteiger partial charge on any atom is 0.321 e. The Kier molecular flexibility index (Phi) is 4.84. The second kappa shape index (κ2) is 6.60. The van der Waals surface area contributed by atoms with Crippen LogP contribution in [0, 0.1) is 0 Å². The normalized spacial score (nSPS) is 16.1. The van der Waals surface area contributed by atoms with Crippen LogP contribution in [0.15, 0.2) is 27.8 Å². The van der Waals surface area contributed by atoms with Gasteiger partial charge in [-0.1, -0.05) is 21.1 Å². The predicted octanol–water partition coefficient (Wildman–Crippen LogP) is 2.56.